The molecule has 1 aromatic heterocycles. The molecule has 0 unspecified atom stereocenters. The average Bonchev–Trinajstić information content (AvgIpc) is 3.28. The van der Waals surface area contributed by atoms with Crippen LogP contribution in [-0.4, -0.2) is 54.9 Å². The Bertz CT molecular complexity index is 629. The van der Waals surface area contributed by atoms with Crippen LogP contribution < -0.4 is 4.90 Å². The second kappa shape index (κ2) is 5.16. The van der Waals surface area contributed by atoms with Gasteiger partial charge in [-0.3, -0.25) is 0 Å². The van der Waals surface area contributed by atoms with E-state index < -0.39 is 10.0 Å². The Morgan fingerprint density at radius 2 is 1.91 bits per heavy atom. The van der Waals surface area contributed by atoms with Crippen LogP contribution in [0.5, 0.6) is 0 Å². The Kier molecular flexibility index (Phi) is 3.38. The number of piperazine rings is 1. The van der Waals surface area contributed by atoms with Crippen LogP contribution >= 0.6 is 0 Å². The summed E-state index contributed by atoms with van der Waals surface area (Å²) < 4.78 is 26.8. The van der Waals surface area contributed by atoms with E-state index in [0.717, 1.165) is 18.7 Å². The first-order chi connectivity index (χ1) is 10.6. The fraction of sp³-hybridized carbons (Fsp3) is 0.733. The molecule has 22 heavy (non-hydrogen) atoms. The van der Waals surface area contributed by atoms with Gasteiger partial charge in [-0.15, -0.1) is 5.10 Å². The fourth-order valence-corrected chi connectivity index (χ4v) is 5.69. The maximum absolute atomic E-state index is 12.5. The first kappa shape index (κ1) is 14.4. The Morgan fingerprint density at radius 3 is 2.50 bits per heavy atom. The molecule has 0 radical (unpaired) electrons. The molecule has 0 N–H and O–H groups in total. The van der Waals surface area contributed by atoms with Crippen LogP contribution in [0.1, 0.15) is 25.7 Å². The summed E-state index contributed by atoms with van der Waals surface area (Å²) in [5.41, 5.74) is 0.574. The summed E-state index contributed by atoms with van der Waals surface area (Å²) in [7, 11) is -3.10. The van der Waals surface area contributed by atoms with Crippen LogP contribution in [0.3, 0.4) is 0 Å². The Hall–Kier alpha value is -1.21. The molecule has 1 aliphatic heterocycles. The highest BCUT2D eigenvalue weighted by Gasteiger charge is 2.53. The first-order valence-corrected chi connectivity index (χ1v) is 9.68. The third-order valence-electron chi connectivity index (χ3n) is 5.36. The lowest BCUT2D eigenvalue weighted by molar-refractivity contribution is 0.187. The number of anilines is 1. The van der Waals surface area contributed by atoms with Gasteiger partial charge >= 0.3 is 0 Å². The molecule has 2 heterocycles. The molecule has 1 spiro atoms. The van der Waals surface area contributed by atoms with Crippen molar-refractivity contribution >= 4 is 15.8 Å². The number of hydrogen-bond donors (Lipinski definition) is 0. The van der Waals surface area contributed by atoms with E-state index in [-0.39, 0.29) is 0 Å². The topological polar surface area (TPSA) is 66.4 Å². The lowest BCUT2D eigenvalue weighted by atomic mass is 9.73. The molecule has 0 bridgehead atoms. The SMILES string of the molecule is O=S(=O)(CC1CC2(CC2)C1)N1CCN(c2cccnn2)CC1. The predicted molar refractivity (Wildman–Crippen MR) is 84.0 cm³/mol. The fourth-order valence-electron chi connectivity index (χ4n) is 3.93. The van der Waals surface area contributed by atoms with E-state index in [4.69, 9.17) is 0 Å². The summed E-state index contributed by atoms with van der Waals surface area (Å²) in [5, 5.41) is 7.97. The van der Waals surface area contributed by atoms with Crippen molar-refractivity contribution in [1.29, 1.82) is 0 Å². The molecule has 0 amide bonds. The summed E-state index contributed by atoms with van der Waals surface area (Å²) in [5.74, 6) is 1.57. The Balaban J connectivity index is 1.32. The average molecular weight is 322 g/mol. The van der Waals surface area contributed by atoms with Crippen molar-refractivity contribution in [2.24, 2.45) is 11.3 Å². The van der Waals surface area contributed by atoms with Gasteiger partial charge in [0.05, 0.1) is 5.75 Å². The van der Waals surface area contributed by atoms with Crippen molar-refractivity contribution in [1.82, 2.24) is 14.5 Å². The Labute approximate surface area is 131 Å². The smallest absolute Gasteiger partial charge is 0.214 e. The molecule has 7 heteroatoms. The van der Waals surface area contributed by atoms with Crippen LogP contribution in [0, 0.1) is 11.3 Å². The molecular formula is C15H22N4O2S. The number of rotatable bonds is 4. The van der Waals surface area contributed by atoms with Crippen molar-refractivity contribution in [3.05, 3.63) is 18.3 Å². The van der Waals surface area contributed by atoms with Gasteiger partial charge in [-0.2, -0.15) is 9.40 Å². The van der Waals surface area contributed by atoms with Gasteiger partial charge in [-0.05, 0) is 49.1 Å². The molecule has 120 valence electrons. The highest BCUT2D eigenvalue weighted by molar-refractivity contribution is 7.89. The van der Waals surface area contributed by atoms with Gasteiger partial charge in [-0.25, -0.2) is 8.42 Å². The Morgan fingerprint density at radius 1 is 1.18 bits per heavy atom. The van der Waals surface area contributed by atoms with E-state index >= 15 is 0 Å². The quantitative estimate of drug-likeness (QED) is 0.831. The third-order valence-corrected chi connectivity index (χ3v) is 7.41. The zero-order valence-electron chi connectivity index (χ0n) is 12.7. The van der Waals surface area contributed by atoms with Gasteiger partial charge in [0.2, 0.25) is 10.0 Å². The summed E-state index contributed by atoms with van der Waals surface area (Å²) in [4.78, 5) is 2.10. The molecule has 2 saturated carbocycles. The van der Waals surface area contributed by atoms with Gasteiger partial charge in [-0.1, -0.05) is 0 Å². The largest absolute Gasteiger partial charge is 0.352 e. The standard InChI is InChI=1S/C15H22N4O2S/c20-22(21,12-13-10-15(11-13)3-4-15)19-8-6-18(7-9-19)14-2-1-5-16-17-14/h1-2,5,13H,3-4,6-12H2. The molecule has 4 rings (SSSR count). The molecule has 1 saturated heterocycles. The van der Waals surface area contributed by atoms with Gasteiger partial charge in [0.25, 0.3) is 0 Å². The van der Waals surface area contributed by atoms with Gasteiger partial charge in [0, 0.05) is 32.4 Å². The minimum atomic E-state index is -3.10. The first-order valence-electron chi connectivity index (χ1n) is 8.07. The van der Waals surface area contributed by atoms with Crippen LogP contribution in [0.2, 0.25) is 0 Å². The molecule has 6 nitrogen and oxygen atoms in total. The van der Waals surface area contributed by atoms with E-state index in [0.29, 0.717) is 43.3 Å². The molecule has 0 atom stereocenters. The van der Waals surface area contributed by atoms with E-state index in [1.54, 1.807) is 10.5 Å². The van der Waals surface area contributed by atoms with Gasteiger partial charge < -0.3 is 4.90 Å². The maximum Gasteiger partial charge on any atom is 0.214 e. The van der Waals surface area contributed by atoms with E-state index in [2.05, 4.69) is 15.1 Å². The van der Waals surface area contributed by atoms with Crippen LogP contribution in [-0.2, 0) is 10.0 Å². The summed E-state index contributed by atoms with van der Waals surface area (Å²) in [6.45, 7) is 2.48. The highest BCUT2D eigenvalue weighted by atomic mass is 32.2. The highest BCUT2D eigenvalue weighted by Crippen LogP contribution is 2.63. The van der Waals surface area contributed by atoms with Crippen LogP contribution in [0.15, 0.2) is 18.3 Å². The molecule has 2 aliphatic carbocycles. The van der Waals surface area contributed by atoms with Crippen LogP contribution in [0.25, 0.3) is 0 Å². The van der Waals surface area contributed by atoms with Crippen molar-refractivity contribution in [3.63, 3.8) is 0 Å². The summed E-state index contributed by atoms with van der Waals surface area (Å²) >= 11 is 0. The number of hydrogen-bond acceptors (Lipinski definition) is 5. The van der Waals surface area contributed by atoms with Crippen LogP contribution in [0.4, 0.5) is 5.82 Å². The second-order valence-corrected chi connectivity index (χ2v) is 9.03. The minimum Gasteiger partial charge on any atom is -0.352 e. The van der Waals surface area contributed by atoms with Gasteiger partial charge in [0.15, 0.2) is 5.82 Å². The third kappa shape index (κ3) is 2.72. The zero-order valence-corrected chi connectivity index (χ0v) is 13.5. The summed E-state index contributed by atoms with van der Waals surface area (Å²) in [6, 6.07) is 3.77. The lowest BCUT2D eigenvalue weighted by Gasteiger charge is -2.39. The van der Waals surface area contributed by atoms with E-state index in [9.17, 15) is 8.42 Å². The number of sulfonamides is 1. The zero-order chi connectivity index (χ0) is 15.2. The van der Waals surface area contributed by atoms with Crippen molar-refractivity contribution < 1.29 is 8.42 Å². The molecular weight excluding hydrogens is 300 g/mol. The predicted octanol–water partition coefficient (Wildman–Crippen LogP) is 1.12. The molecule has 1 aromatic rings. The van der Waals surface area contributed by atoms with Crippen molar-refractivity contribution in [2.75, 3.05) is 36.8 Å². The van der Waals surface area contributed by atoms with Gasteiger partial charge in [0.1, 0.15) is 0 Å². The molecule has 3 fully saturated rings. The van der Waals surface area contributed by atoms with E-state index in [1.807, 2.05) is 12.1 Å². The monoisotopic (exact) mass is 322 g/mol. The van der Waals surface area contributed by atoms with E-state index in [1.165, 1.54) is 12.8 Å². The van der Waals surface area contributed by atoms with Crippen molar-refractivity contribution in [3.8, 4) is 0 Å². The number of nitrogens with zero attached hydrogens (tertiary/aromatic N) is 4. The molecule has 0 aromatic carbocycles. The normalized spacial score (nSPS) is 25.2. The second-order valence-electron chi connectivity index (χ2n) is 7.02. The maximum atomic E-state index is 12.5. The van der Waals surface area contributed by atoms with Crippen molar-refractivity contribution in [2.45, 2.75) is 25.7 Å². The lowest BCUT2D eigenvalue weighted by Crippen LogP contribution is -2.50. The summed E-state index contributed by atoms with van der Waals surface area (Å²) in [6.07, 6.45) is 6.55. The molecule has 3 aliphatic rings. The number of aromatic nitrogens is 2. The minimum absolute atomic E-state index is 0.347.